The summed E-state index contributed by atoms with van der Waals surface area (Å²) in [6.07, 6.45) is 3.94. The summed E-state index contributed by atoms with van der Waals surface area (Å²) in [4.78, 5) is 3.95. The lowest BCUT2D eigenvalue weighted by atomic mass is 10.2. The van der Waals surface area contributed by atoms with Gasteiger partial charge in [-0.1, -0.05) is 18.2 Å². The summed E-state index contributed by atoms with van der Waals surface area (Å²) in [6.45, 7) is 0.518. The summed E-state index contributed by atoms with van der Waals surface area (Å²) in [6, 6.07) is 11.3. The predicted molar refractivity (Wildman–Crippen MR) is 70.6 cm³/mol. The van der Waals surface area contributed by atoms with Gasteiger partial charge in [0.2, 0.25) is 0 Å². The maximum Gasteiger partial charge on any atom is 0.256 e. The lowest BCUT2D eigenvalue weighted by Crippen LogP contribution is -2.16. The summed E-state index contributed by atoms with van der Waals surface area (Å²) >= 11 is 0. The monoisotopic (exact) mass is 258 g/mol. The number of para-hydroxylation sites is 1. The van der Waals surface area contributed by atoms with E-state index in [0.29, 0.717) is 23.9 Å². The zero-order valence-electron chi connectivity index (χ0n) is 10.5. The molecule has 0 spiro atoms. The zero-order valence-corrected chi connectivity index (χ0v) is 10.5. The van der Waals surface area contributed by atoms with E-state index in [1.807, 2.05) is 18.2 Å². The van der Waals surface area contributed by atoms with E-state index in [-0.39, 0.29) is 11.7 Å². The molecular formula is C15H15FN2O. The second kappa shape index (κ2) is 5.36. The van der Waals surface area contributed by atoms with Gasteiger partial charge in [0.1, 0.15) is 5.75 Å². The van der Waals surface area contributed by atoms with Gasteiger partial charge in [-0.25, -0.2) is 9.37 Å². The van der Waals surface area contributed by atoms with Crippen molar-refractivity contribution < 1.29 is 9.13 Å². The average Bonchev–Trinajstić information content (AvgIpc) is 3.25. The molecule has 98 valence electrons. The highest BCUT2D eigenvalue weighted by Crippen LogP contribution is 2.25. The molecule has 3 nitrogen and oxygen atoms in total. The number of hydrogen-bond donors (Lipinski definition) is 1. The topological polar surface area (TPSA) is 34.2 Å². The maximum absolute atomic E-state index is 14.2. The number of hydrogen-bond acceptors (Lipinski definition) is 3. The number of benzene rings is 1. The Hall–Kier alpha value is -1.94. The molecule has 1 saturated carbocycles. The molecule has 0 atom stereocenters. The molecule has 0 saturated heterocycles. The third-order valence-corrected chi connectivity index (χ3v) is 3.05. The summed E-state index contributed by atoms with van der Waals surface area (Å²) in [5.41, 5.74) is 0.591. The Morgan fingerprint density at radius 1 is 1.21 bits per heavy atom. The predicted octanol–water partition coefficient (Wildman–Crippen LogP) is 3.27. The van der Waals surface area contributed by atoms with Crippen molar-refractivity contribution in [2.75, 3.05) is 0 Å². The van der Waals surface area contributed by atoms with Gasteiger partial charge in [0.15, 0.2) is 5.82 Å². The number of rotatable bonds is 5. The molecule has 1 aliphatic carbocycles. The van der Waals surface area contributed by atoms with Crippen molar-refractivity contribution in [3.63, 3.8) is 0 Å². The SMILES string of the molecule is Fc1c(CNC2CC2)ccnc1Oc1ccccc1. The Kier molecular flexibility index (Phi) is 3.42. The van der Waals surface area contributed by atoms with E-state index in [2.05, 4.69) is 10.3 Å². The molecule has 0 amide bonds. The first-order valence-corrected chi connectivity index (χ1v) is 6.42. The van der Waals surface area contributed by atoms with Crippen LogP contribution < -0.4 is 10.1 Å². The first-order valence-electron chi connectivity index (χ1n) is 6.42. The van der Waals surface area contributed by atoms with Crippen LogP contribution in [-0.2, 0) is 6.54 Å². The quantitative estimate of drug-likeness (QED) is 0.893. The van der Waals surface area contributed by atoms with Gasteiger partial charge < -0.3 is 10.1 Å². The van der Waals surface area contributed by atoms with E-state index in [9.17, 15) is 4.39 Å². The molecule has 0 bridgehead atoms. The van der Waals surface area contributed by atoms with E-state index >= 15 is 0 Å². The van der Waals surface area contributed by atoms with Gasteiger partial charge in [0.05, 0.1) is 0 Å². The Bertz CT molecular complexity index is 555. The molecule has 1 heterocycles. The van der Waals surface area contributed by atoms with Crippen molar-refractivity contribution in [2.24, 2.45) is 0 Å². The highest BCUT2D eigenvalue weighted by atomic mass is 19.1. The molecule has 3 rings (SSSR count). The van der Waals surface area contributed by atoms with Crippen LogP contribution in [0.15, 0.2) is 42.6 Å². The molecule has 1 N–H and O–H groups in total. The van der Waals surface area contributed by atoms with Gasteiger partial charge in [0.25, 0.3) is 5.88 Å². The minimum atomic E-state index is -0.389. The number of pyridine rings is 1. The fraction of sp³-hybridized carbons (Fsp3) is 0.267. The number of halogens is 1. The van der Waals surface area contributed by atoms with Crippen LogP contribution in [-0.4, -0.2) is 11.0 Å². The number of nitrogens with one attached hydrogen (secondary N) is 1. The van der Waals surface area contributed by atoms with Crippen molar-refractivity contribution in [2.45, 2.75) is 25.4 Å². The lowest BCUT2D eigenvalue weighted by molar-refractivity contribution is 0.417. The normalized spacial score (nSPS) is 14.4. The Balaban J connectivity index is 1.75. The second-order valence-corrected chi connectivity index (χ2v) is 4.66. The van der Waals surface area contributed by atoms with Crippen LogP contribution in [0, 0.1) is 5.82 Å². The molecular weight excluding hydrogens is 243 g/mol. The average molecular weight is 258 g/mol. The first kappa shape index (κ1) is 12.1. The number of nitrogens with zero attached hydrogens (tertiary/aromatic N) is 1. The van der Waals surface area contributed by atoms with Crippen molar-refractivity contribution >= 4 is 0 Å². The third-order valence-electron chi connectivity index (χ3n) is 3.05. The molecule has 1 fully saturated rings. The summed E-state index contributed by atoms with van der Waals surface area (Å²) in [7, 11) is 0. The van der Waals surface area contributed by atoms with Crippen molar-refractivity contribution in [3.05, 3.63) is 54.0 Å². The molecule has 0 unspecified atom stereocenters. The highest BCUT2D eigenvalue weighted by Gasteiger charge is 2.21. The molecule has 4 heteroatoms. The summed E-state index contributed by atoms with van der Waals surface area (Å²) < 4.78 is 19.7. The maximum atomic E-state index is 14.2. The third kappa shape index (κ3) is 3.09. The molecule has 2 aromatic rings. The lowest BCUT2D eigenvalue weighted by Gasteiger charge is -2.09. The fourth-order valence-electron chi connectivity index (χ4n) is 1.81. The van der Waals surface area contributed by atoms with Crippen molar-refractivity contribution in [1.29, 1.82) is 0 Å². The zero-order chi connectivity index (χ0) is 13.1. The molecule has 0 aliphatic heterocycles. The van der Waals surface area contributed by atoms with Gasteiger partial charge >= 0.3 is 0 Å². The number of ether oxygens (including phenoxy) is 1. The van der Waals surface area contributed by atoms with Gasteiger partial charge in [-0.05, 0) is 31.0 Å². The van der Waals surface area contributed by atoms with Crippen LogP contribution in [0.5, 0.6) is 11.6 Å². The standard InChI is InChI=1S/C15H15FN2O/c16-14-11(10-18-12-6-7-12)8-9-17-15(14)19-13-4-2-1-3-5-13/h1-5,8-9,12,18H,6-7,10H2. The summed E-state index contributed by atoms with van der Waals surface area (Å²) in [5.74, 6) is 0.224. The van der Waals surface area contributed by atoms with Crippen LogP contribution in [0.2, 0.25) is 0 Å². The smallest absolute Gasteiger partial charge is 0.256 e. The van der Waals surface area contributed by atoms with Crippen molar-refractivity contribution in [3.8, 4) is 11.6 Å². The van der Waals surface area contributed by atoms with Crippen LogP contribution in [0.3, 0.4) is 0 Å². The van der Waals surface area contributed by atoms with Crippen LogP contribution in [0.25, 0.3) is 0 Å². The van der Waals surface area contributed by atoms with E-state index in [4.69, 9.17) is 4.74 Å². The van der Waals surface area contributed by atoms with E-state index < -0.39 is 0 Å². The second-order valence-electron chi connectivity index (χ2n) is 4.66. The fourth-order valence-corrected chi connectivity index (χ4v) is 1.81. The molecule has 1 aliphatic rings. The number of aromatic nitrogens is 1. The van der Waals surface area contributed by atoms with E-state index in [0.717, 1.165) is 0 Å². The van der Waals surface area contributed by atoms with Crippen LogP contribution >= 0.6 is 0 Å². The van der Waals surface area contributed by atoms with Gasteiger partial charge in [-0.15, -0.1) is 0 Å². The van der Waals surface area contributed by atoms with Crippen LogP contribution in [0.1, 0.15) is 18.4 Å². The minimum absolute atomic E-state index is 0.0290. The van der Waals surface area contributed by atoms with E-state index in [1.165, 1.54) is 12.8 Å². The molecule has 1 aromatic carbocycles. The summed E-state index contributed by atoms with van der Waals surface area (Å²) in [5, 5.41) is 3.28. The molecule has 0 radical (unpaired) electrons. The Morgan fingerprint density at radius 3 is 2.74 bits per heavy atom. The van der Waals surface area contributed by atoms with Gasteiger partial charge in [-0.3, -0.25) is 0 Å². The van der Waals surface area contributed by atoms with Gasteiger partial charge in [-0.2, -0.15) is 0 Å². The molecule has 1 aromatic heterocycles. The molecule has 19 heavy (non-hydrogen) atoms. The van der Waals surface area contributed by atoms with E-state index in [1.54, 1.807) is 24.4 Å². The largest absolute Gasteiger partial charge is 0.436 e. The minimum Gasteiger partial charge on any atom is -0.436 e. The highest BCUT2D eigenvalue weighted by molar-refractivity contribution is 5.30. The first-order chi connectivity index (χ1) is 9.33. The Morgan fingerprint density at radius 2 is 2.00 bits per heavy atom. The van der Waals surface area contributed by atoms with Crippen molar-refractivity contribution in [1.82, 2.24) is 10.3 Å². The van der Waals surface area contributed by atoms with Crippen LogP contribution in [0.4, 0.5) is 4.39 Å². The van der Waals surface area contributed by atoms with Gasteiger partial charge in [0, 0.05) is 24.3 Å². The Labute approximate surface area is 111 Å².